The molecule has 0 atom stereocenters. The maximum absolute atomic E-state index is 11.5. The van der Waals surface area contributed by atoms with Gasteiger partial charge in [-0.3, -0.25) is 4.79 Å². The van der Waals surface area contributed by atoms with Crippen LogP contribution < -0.4 is 10.1 Å². The number of nitrogens with one attached hydrogen (secondary N) is 1. The Kier molecular flexibility index (Phi) is 6.05. The Balaban J connectivity index is 2.78. The fourth-order valence-electron chi connectivity index (χ4n) is 1.36. The van der Waals surface area contributed by atoms with Crippen LogP contribution in [-0.2, 0) is 4.79 Å². The van der Waals surface area contributed by atoms with Gasteiger partial charge >= 0.3 is 0 Å². The zero-order valence-corrected chi connectivity index (χ0v) is 11.8. The first-order valence-electron chi connectivity index (χ1n) is 5.76. The van der Waals surface area contributed by atoms with Gasteiger partial charge in [0.25, 0.3) is 0 Å². The first-order valence-corrected chi connectivity index (χ1v) is 6.88. The lowest BCUT2D eigenvalue weighted by Gasteiger charge is -2.12. The van der Waals surface area contributed by atoms with Gasteiger partial charge in [-0.1, -0.05) is 28.9 Å². The minimum atomic E-state index is -0.00734. The van der Waals surface area contributed by atoms with Crippen molar-refractivity contribution >= 4 is 27.5 Å². The molecule has 0 saturated heterocycles. The Morgan fingerprint density at radius 1 is 1.47 bits per heavy atom. The van der Waals surface area contributed by atoms with Crippen LogP contribution in [0.3, 0.4) is 0 Å². The first kappa shape index (κ1) is 14.0. The summed E-state index contributed by atoms with van der Waals surface area (Å²) in [7, 11) is 0. The fraction of sp³-hybridized carbons (Fsp3) is 0.462. The van der Waals surface area contributed by atoms with Crippen molar-refractivity contribution in [2.45, 2.75) is 26.7 Å². The molecule has 0 aliphatic rings. The van der Waals surface area contributed by atoms with E-state index in [0.29, 0.717) is 18.4 Å². The maximum Gasteiger partial charge on any atom is 0.225 e. The van der Waals surface area contributed by atoms with E-state index in [1.54, 1.807) is 0 Å². The molecule has 0 bridgehead atoms. The zero-order valence-electron chi connectivity index (χ0n) is 10.3. The SMILES string of the molecule is CCCOc1cc(C)ccc1NC(=O)CCBr. The second kappa shape index (κ2) is 7.33. The number of hydrogen-bond acceptors (Lipinski definition) is 2. The minimum absolute atomic E-state index is 0.00734. The highest BCUT2D eigenvalue weighted by Gasteiger charge is 2.07. The molecule has 0 fully saturated rings. The van der Waals surface area contributed by atoms with E-state index in [1.807, 2.05) is 25.1 Å². The third kappa shape index (κ3) is 4.77. The summed E-state index contributed by atoms with van der Waals surface area (Å²) in [6.45, 7) is 4.71. The van der Waals surface area contributed by atoms with E-state index in [0.717, 1.165) is 23.4 Å². The van der Waals surface area contributed by atoms with Crippen LogP contribution in [0.4, 0.5) is 5.69 Å². The molecule has 0 aliphatic carbocycles. The number of rotatable bonds is 6. The Bertz CT molecular complexity index is 380. The van der Waals surface area contributed by atoms with Crippen LogP contribution in [-0.4, -0.2) is 17.8 Å². The number of carbonyl (C=O) groups excluding carboxylic acids is 1. The minimum Gasteiger partial charge on any atom is -0.491 e. The number of carbonyl (C=O) groups is 1. The molecule has 0 unspecified atom stereocenters. The quantitative estimate of drug-likeness (QED) is 0.816. The van der Waals surface area contributed by atoms with Gasteiger partial charge in [0.2, 0.25) is 5.91 Å². The number of anilines is 1. The van der Waals surface area contributed by atoms with Crippen molar-refractivity contribution in [2.24, 2.45) is 0 Å². The standard InChI is InChI=1S/C13H18BrNO2/c1-3-8-17-12-9-10(2)4-5-11(12)15-13(16)6-7-14/h4-5,9H,3,6-8H2,1-2H3,(H,15,16). The highest BCUT2D eigenvalue weighted by Crippen LogP contribution is 2.26. The molecular weight excluding hydrogens is 282 g/mol. The van der Waals surface area contributed by atoms with Gasteiger partial charge in [0, 0.05) is 11.8 Å². The second-order valence-corrected chi connectivity index (χ2v) is 4.63. The van der Waals surface area contributed by atoms with E-state index in [-0.39, 0.29) is 5.91 Å². The Hall–Kier alpha value is -1.03. The molecule has 0 radical (unpaired) electrons. The Morgan fingerprint density at radius 2 is 2.24 bits per heavy atom. The van der Waals surface area contributed by atoms with Crippen molar-refractivity contribution in [3.05, 3.63) is 23.8 Å². The van der Waals surface area contributed by atoms with Gasteiger partial charge in [0.05, 0.1) is 12.3 Å². The zero-order chi connectivity index (χ0) is 12.7. The van der Waals surface area contributed by atoms with E-state index in [9.17, 15) is 4.79 Å². The van der Waals surface area contributed by atoms with E-state index < -0.39 is 0 Å². The van der Waals surface area contributed by atoms with Gasteiger partial charge in [-0.25, -0.2) is 0 Å². The average Bonchev–Trinajstić information content (AvgIpc) is 2.30. The maximum atomic E-state index is 11.5. The predicted octanol–water partition coefficient (Wildman–Crippen LogP) is 3.51. The van der Waals surface area contributed by atoms with Crippen molar-refractivity contribution < 1.29 is 9.53 Å². The highest BCUT2D eigenvalue weighted by molar-refractivity contribution is 9.09. The Labute approximate surface area is 111 Å². The number of hydrogen-bond donors (Lipinski definition) is 1. The van der Waals surface area contributed by atoms with Crippen LogP contribution in [0.2, 0.25) is 0 Å². The molecule has 1 N–H and O–H groups in total. The van der Waals surface area contributed by atoms with Gasteiger partial charge in [0.15, 0.2) is 0 Å². The lowest BCUT2D eigenvalue weighted by Crippen LogP contribution is -2.13. The average molecular weight is 300 g/mol. The molecule has 0 saturated carbocycles. The number of aryl methyl sites for hydroxylation is 1. The van der Waals surface area contributed by atoms with Crippen molar-refractivity contribution in [1.82, 2.24) is 0 Å². The van der Waals surface area contributed by atoms with Gasteiger partial charge in [-0.05, 0) is 31.0 Å². The first-order chi connectivity index (χ1) is 8.17. The molecule has 1 rings (SSSR count). The van der Waals surface area contributed by atoms with Gasteiger partial charge < -0.3 is 10.1 Å². The summed E-state index contributed by atoms with van der Waals surface area (Å²) < 4.78 is 5.62. The molecule has 94 valence electrons. The number of ether oxygens (including phenoxy) is 1. The van der Waals surface area contributed by atoms with Crippen LogP contribution in [0, 0.1) is 6.92 Å². The van der Waals surface area contributed by atoms with E-state index in [4.69, 9.17) is 4.74 Å². The highest BCUT2D eigenvalue weighted by atomic mass is 79.9. The third-order valence-corrected chi connectivity index (χ3v) is 2.59. The monoisotopic (exact) mass is 299 g/mol. The largest absolute Gasteiger partial charge is 0.491 e. The molecule has 0 aromatic heterocycles. The number of amides is 1. The lowest BCUT2D eigenvalue weighted by atomic mass is 10.2. The molecule has 1 amide bonds. The summed E-state index contributed by atoms with van der Waals surface area (Å²) in [5.74, 6) is 0.738. The van der Waals surface area contributed by atoms with Crippen molar-refractivity contribution in [3.8, 4) is 5.75 Å². The number of halogens is 1. The number of alkyl halides is 1. The molecule has 0 aliphatic heterocycles. The molecule has 0 spiro atoms. The molecule has 3 nitrogen and oxygen atoms in total. The van der Waals surface area contributed by atoms with Crippen LogP contribution in [0.15, 0.2) is 18.2 Å². The van der Waals surface area contributed by atoms with E-state index in [1.165, 1.54) is 0 Å². The molecule has 1 aromatic carbocycles. The van der Waals surface area contributed by atoms with Crippen LogP contribution >= 0.6 is 15.9 Å². The van der Waals surface area contributed by atoms with Crippen LogP contribution in [0.1, 0.15) is 25.3 Å². The molecule has 17 heavy (non-hydrogen) atoms. The fourth-order valence-corrected chi connectivity index (χ4v) is 1.72. The van der Waals surface area contributed by atoms with Crippen molar-refractivity contribution in [3.63, 3.8) is 0 Å². The molecular formula is C13H18BrNO2. The van der Waals surface area contributed by atoms with Crippen LogP contribution in [0.25, 0.3) is 0 Å². The lowest BCUT2D eigenvalue weighted by molar-refractivity contribution is -0.115. The normalized spacial score (nSPS) is 10.1. The second-order valence-electron chi connectivity index (χ2n) is 3.84. The van der Waals surface area contributed by atoms with Crippen LogP contribution in [0.5, 0.6) is 5.75 Å². The summed E-state index contributed by atoms with van der Waals surface area (Å²) >= 11 is 3.24. The summed E-state index contributed by atoms with van der Waals surface area (Å²) in [5, 5.41) is 3.52. The van der Waals surface area contributed by atoms with Gasteiger partial charge in [-0.2, -0.15) is 0 Å². The predicted molar refractivity (Wildman–Crippen MR) is 74.0 cm³/mol. The van der Waals surface area contributed by atoms with E-state index >= 15 is 0 Å². The van der Waals surface area contributed by atoms with E-state index in [2.05, 4.69) is 28.2 Å². The summed E-state index contributed by atoms with van der Waals surface area (Å²) in [6, 6.07) is 5.79. The Morgan fingerprint density at radius 3 is 2.88 bits per heavy atom. The van der Waals surface area contributed by atoms with Gasteiger partial charge in [-0.15, -0.1) is 0 Å². The molecule has 1 aromatic rings. The molecule has 0 heterocycles. The van der Waals surface area contributed by atoms with Gasteiger partial charge in [0.1, 0.15) is 5.75 Å². The smallest absolute Gasteiger partial charge is 0.225 e. The number of benzene rings is 1. The summed E-state index contributed by atoms with van der Waals surface area (Å²) in [4.78, 5) is 11.5. The van der Waals surface area contributed by atoms with Crippen molar-refractivity contribution in [1.29, 1.82) is 0 Å². The summed E-state index contributed by atoms with van der Waals surface area (Å²) in [5.41, 5.74) is 1.87. The van der Waals surface area contributed by atoms with Crippen molar-refractivity contribution in [2.75, 3.05) is 17.3 Å². The summed E-state index contributed by atoms with van der Waals surface area (Å²) in [6.07, 6.45) is 1.41. The third-order valence-electron chi connectivity index (χ3n) is 2.19. The molecule has 4 heteroatoms. The topological polar surface area (TPSA) is 38.3 Å².